The molecule has 0 aromatic carbocycles. The van der Waals surface area contributed by atoms with E-state index in [0.29, 0.717) is 25.1 Å². The van der Waals surface area contributed by atoms with Gasteiger partial charge in [-0.05, 0) is 25.7 Å². The van der Waals surface area contributed by atoms with Gasteiger partial charge in [-0.3, -0.25) is 14.3 Å². The van der Waals surface area contributed by atoms with Crippen LogP contribution in [0.15, 0.2) is 12.4 Å². The van der Waals surface area contributed by atoms with Crippen molar-refractivity contribution in [2.24, 2.45) is 11.3 Å². The standard InChI is InChI=1S/C14H19N3O3/c1-2-17-7-10(6-15-17)12(18)16-8-11-4-3-5-14(11,9-16)13(19)20/h6-7,11H,2-5,8-9H2,1H3,(H,19,20)/t11-,14+/m0/s1. The fourth-order valence-electron chi connectivity index (χ4n) is 3.62. The summed E-state index contributed by atoms with van der Waals surface area (Å²) in [4.78, 5) is 25.7. The highest BCUT2D eigenvalue weighted by molar-refractivity contribution is 5.94. The number of hydrogen-bond acceptors (Lipinski definition) is 3. The molecule has 1 saturated heterocycles. The molecule has 1 aromatic rings. The van der Waals surface area contributed by atoms with Crippen molar-refractivity contribution in [3.63, 3.8) is 0 Å². The molecule has 2 fully saturated rings. The fourth-order valence-corrected chi connectivity index (χ4v) is 3.62. The molecule has 2 heterocycles. The summed E-state index contributed by atoms with van der Waals surface area (Å²) < 4.78 is 1.71. The van der Waals surface area contributed by atoms with E-state index in [2.05, 4.69) is 5.10 Å². The molecule has 1 aliphatic carbocycles. The van der Waals surface area contributed by atoms with E-state index in [1.807, 2.05) is 6.92 Å². The van der Waals surface area contributed by atoms with Gasteiger partial charge in [-0.25, -0.2) is 0 Å². The average Bonchev–Trinajstić information content (AvgIpc) is 3.11. The number of fused-ring (bicyclic) bond motifs is 1. The number of carboxylic acids is 1. The second-order valence-corrected chi connectivity index (χ2v) is 5.82. The normalized spacial score (nSPS) is 28.6. The predicted molar refractivity (Wildman–Crippen MR) is 71.2 cm³/mol. The molecule has 0 radical (unpaired) electrons. The molecule has 0 spiro atoms. The Morgan fingerprint density at radius 3 is 2.95 bits per heavy atom. The monoisotopic (exact) mass is 277 g/mol. The van der Waals surface area contributed by atoms with Gasteiger partial charge in [0.2, 0.25) is 0 Å². The highest BCUT2D eigenvalue weighted by Gasteiger charge is 2.55. The molecule has 1 aliphatic heterocycles. The van der Waals surface area contributed by atoms with Crippen molar-refractivity contribution in [3.8, 4) is 0 Å². The number of carboxylic acid groups (broad SMARTS) is 1. The lowest BCUT2D eigenvalue weighted by Crippen LogP contribution is -2.37. The maximum absolute atomic E-state index is 12.5. The first-order valence-electron chi connectivity index (χ1n) is 7.12. The van der Waals surface area contributed by atoms with Crippen LogP contribution in [0, 0.1) is 11.3 Å². The summed E-state index contributed by atoms with van der Waals surface area (Å²) in [6.45, 7) is 3.57. The van der Waals surface area contributed by atoms with E-state index in [-0.39, 0.29) is 11.8 Å². The summed E-state index contributed by atoms with van der Waals surface area (Å²) in [5.41, 5.74) is -0.163. The van der Waals surface area contributed by atoms with Gasteiger partial charge in [0.05, 0.1) is 17.2 Å². The zero-order valence-electron chi connectivity index (χ0n) is 11.6. The van der Waals surface area contributed by atoms with Crippen molar-refractivity contribution in [1.82, 2.24) is 14.7 Å². The molecule has 2 aliphatic rings. The van der Waals surface area contributed by atoms with Gasteiger partial charge in [0.1, 0.15) is 0 Å². The molecule has 6 nitrogen and oxygen atoms in total. The first-order valence-corrected chi connectivity index (χ1v) is 7.12. The number of aromatic nitrogens is 2. The Labute approximate surface area is 117 Å². The predicted octanol–water partition coefficient (Wildman–Crippen LogP) is 1.23. The van der Waals surface area contributed by atoms with E-state index in [4.69, 9.17) is 0 Å². The molecule has 1 saturated carbocycles. The Morgan fingerprint density at radius 1 is 1.55 bits per heavy atom. The number of nitrogens with zero attached hydrogens (tertiary/aromatic N) is 3. The van der Waals surface area contributed by atoms with Gasteiger partial charge in [-0.15, -0.1) is 0 Å². The van der Waals surface area contributed by atoms with Crippen molar-refractivity contribution in [1.29, 1.82) is 0 Å². The Balaban J connectivity index is 1.80. The zero-order valence-corrected chi connectivity index (χ0v) is 11.6. The lowest BCUT2D eigenvalue weighted by molar-refractivity contribution is -0.149. The van der Waals surface area contributed by atoms with Gasteiger partial charge >= 0.3 is 5.97 Å². The molecule has 3 rings (SSSR count). The molecule has 108 valence electrons. The number of rotatable bonds is 3. The lowest BCUT2D eigenvalue weighted by atomic mass is 9.81. The van der Waals surface area contributed by atoms with E-state index in [1.165, 1.54) is 0 Å². The van der Waals surface area contributed by atoms with Crippen LogP contribution in [0.2, 0.25) is 0 Å². The van der Waals surface area contributed by atoms with E-state index < -0.39 is 11.4 Å². The van der Waals surface area contributed by atoms with E-state index in [1.54, 1.807) is 22.0 Å². The van der Waals surface area contributed by atoms with Crippen molar-refractivity contribution >= 4 is 11.9 Å². The number of amides is 1. The molecule has 1 amide bonds. The number of hydrogen-bond donors (Lipinski definition) is 1. The topological polar surface area (TPSA) is 75.4 Å². The average molecular weight is 277 g/mol. The molecule has 1 aromatic heterocycles. The maximum Gasteiger partial charge on any atom is 0.311 e. The van der Waals surface area contributed by atoms with Crippen molar-refractivity contribution in [2.75, 3.05) is 13.1 Å². The fraction of sp³-hybridized carbons (Fsp3) is 0.643. The largest absolute Gasteiger partial charge is 0.481 e. The molecule has 0 unspecified atom stereocenters. The van der Waals surface area contributed by atoms with Crippen molar-refractivity contribution < 1.29 is 14.7 Å². The number of aliphatic carboxylic acids is 1. The smallest absolute Gasteiger partial charge is 0.311 e. The minimum Gasteiger partial charge on any atom is -0.481 e. The third-order valence-corrected chi connectivity index (χ3v) is 4.79. The maximum atomic E-state index is 12.5. The Hall–Kier alpha value is -1.85. The molecular weight excluding hydrogens is 258 g/mol. The lowest BCUT2D eigenvalue weighted by Gasteiger charge is -2.23. The second-order valence-electron chi connectivity index (χ2n) is 5.82. The van der Waals surface area contributed by atoms with Gasteiger partial charge in [0.25, 0.3) is 5.91 Å². The molecule has 0 bridgehead atoms. The van der Waals surface area contributed by atoms with Gasteiger partial charge < -0.3 is 10.0 Å². The summed E-state index contributed by atoms with van der Waals surface area (Å²) in [6, 6.07) is 0. The molecule has 20 heavy (non-hydrogen) atoms. The van der Waals surface area contributed by atoms with Crippen LogP contribution in [0.4, 0.5) is 0 Å². The molecule has 1 N–H and O–H groups in total. The van der Waals surface area contributed by atoms with Crippen LogP contribution >= 0.6 is 0 Å². The van der Waals surface area contributed by atoms with E-state index >= 15 is 0 Å². The minimum atomic E-state index is -0.750. The number of carbonyl (C=O) groups excluding carboxylic acids is 1. The first kappa shape index (κ1) is 13.1. The van der Waals surface area contributed by atoms with Crippen molar-refractivity contribution in [2.45, 2.75) is 32.7 Å². The van der Waals surface area contributed by atoms with Crippen LogP contribution < -0.4 is 0 Å². The van der Waals surface area contributed by atoms with E-state index in [0.717, 1.165) is 19.4 Å². The van der Waals surface area contributed by atoms with Gasteiger partial charge in [-0.2, -0.15) is 5.10 Å². The van der Waals surface area contributed by atoms with Gasteiger partial charge in [0, 0.05) is 25.8 Å². The SMILES string of the molecule is CCn1cc(C(=O)N2C[C@@H]3CCC[C@@]3(C(=O)O)C2)cn1. The molecule has 6 heteroatoms. The summed E-state index contributed by atoms with van der Waals surface area (Å²) in [5.74, 6) is -0.746. The molecular formula is C14H19N3O3. The van der Waals surface area contributed by atoms with Crippen LogP contribution in [-0.4, -0.2) is 44.8 Å². The van der Waals surface area contributed by atoms with Crippen LogP contribution in [0.25, 0.3) is 0 Å². The van der Waals surface area contributed by atoms with E-state index in [9.17, 15) is 14.7 Å². The third kappa shape index (κ3) is 1.82. The summed E-state index contributed by atoms with van der Waals surface area (Å²) >= 11 is 0. The summed E-state index contributed by atoms with van der Waals surface area (Å²) in [5, 5.41) is 13.6. The summed E-state index contributed by atoms with van der Waals surface area (Å²) in [7, 11) is 0. The van der Waals surface area contributed by atoms with Crippen LogP contribution in [0.3, 0.4) is 0 Å². The highest BCUT2D eigenvalue weighted by atomic mass is 16.4. The van der Waals surface area contributed by atoms with Crippen molar-refractivity contribution in [3.05, 3.63) is 18.0 Å². The van der Waals surface area contributed by atoms with Crippen LogP contribution in [-0.2, 0) is 11.3 Å². The number of aryl methyl sites for hydroxylation is 1. The van der Waals surface area contributed by atoms with Crippen LogP contribution in [0.5, 0.6) is 0 Å². The molecule has 2 atom stereocenters. The van der Waals surface area contributed by atoms with Gasteiger partial charge in [0.15, 0.2) is 0 Å². The Bertz CT molecular complexity index is 554. The Kier molecular flexibility index (Phi) is 3.03. The zero-order chi connectivity index (χ0) is 14.3. The summed E-state index contributed by atoms with van der Waals surface area (Å²) in [6.07, 6.45) is 5.83. The first-order chi connectivity index (χ1) is 9.56. The second kappa shape index (κ2) is 4.61. The van der Waals surface area contributed by atoms with Crippen LogP contribution in [0.1, 0.15) is 36.5 Å². The quantitative estimate of drug-likeness (QED) is 0.901. The minimum absolute atomic E-state index is 0.0975. The number of carbonyl (C=O) groups is 2. The highest BCUT2D eigenvalue weighted by Crippen LogP contribution is 2.49. The van der Waals surface area contributed by atoms with Gasteiger partial charge in [-0.1, -0.05) is 6.42 Å². The third-order valence-electron chi connectivity index (χ3n) is 4.79. The number of likely N-dealkylation sites (tertiary alicyclic amines) is 1. The Morgan fingerprint density at radius 2 is 2.35 bits per heavy atom.